The van der Waals surface area contributed by atoms with E-state index in [2.05, 4.69) is 0 Å². The zero-order valence-electron chi connectivity index (χ0n) is 6.29. The van der Waals surface area contributed by atoms with Crippen LogP contribution in [-0.2, 0) is 4.79 Å². The number of carboxylic acids is 1. The standard InChI is InChI=1S/C7H13NO2/c1-4-3-7(8,5(4)2)6(9)10/h4-5H,3,8H2,1-2H3,(H,9,10). The third-order valence-corrected chi connectivity index (χ3v) is 2.72. The van der Waals surface area contributed by atoms with Crippen molar-refractivity contribution in [3.63, 3.8) is 0 Å². The zero-order chi connectivity index (χ0) is 7.94. The highest BCUT2D eigenvalue weighted by Gasteiger charge is 2.51. The van der Waals surface area contributed by atoms with Crippen LogP contribution in [0.5, 0.6) is 0 Å². The summed E-state index contributed by atoms with van der Waals surface area (Å²) in [6.07, 6.45) is 0.615. The van der Waals surface area contributed by atoms with Gasteiger partial charge in [-0.2, -0.15) is 0 Å². The normalized spacial score (nSPS) is 46.3. The fourth-order valence-electron chi connectivity index (χ4n) is 1.52. The average Bonchev–Trinajstić information content (AvgIpc) is 1.87. The lowest BCUT2D eigenvalue weighted by atomic mass is 9.61. The van der Waals surface area contributed by atoms with Gasteiger partial charge in [0.25, 0.3) is 0 Å². The SMILES string of the molecule is CC1CC(N)(C(=O)O)C1C. The summed E-state index contributed by atoms with van der Waals surface area (Å²) >= 11 is 0. The first-order valence-electron chi connectivity index (χ1n) is 3.50. The molecule has 10 heavy (non-hydrogen) atoms. The van der Waals surface area contributed by atoms with Crippen molar-refractivity contribution < 1.29 is 9.90 Å². The van der Waals surface area contributed by atoms with Crippen LogP contribution >= 0.6 is 0 Å². The van der Waals surface area contributed by atoms with E-state index in [4.69, 9.17) is 10.8 Å². The predicted octanol–water partition coefficient (Wildman–Crippen LogP) is 0.444. The lowest BCUT2D eigenvalue weighted by Crippen LogP contribution is -2.63. The Labute approximate surface area is 60.2 Å². The summed E-state index contributed by atoms with van der Waals surface area (Å²) in [5.41, 5.74) is 4.65. The summed E-state index contributed by atoms with van der Waals surface area (Å²) < 4.78 is 0. The molecule has 0 spiro atoms. The van der Waals surface area contributed by atoms with Gasteiger partial charge in [0.1, 0.15) is 5.54 Å². The highest BCUT2D eigenvalue weighted by Crippen LogP contribution is 2.41. The van der Waals surface area contributed by atoms with E-state index in [0.717, 1.165) is 0 Å². The van der Waals surface area contributed by atoms with E-state index in [9.17, 15) is 4.79 Å². The number of nitrogens with two attached hydrogens (primary N) is 1. The molecule has 3 nitrogen and oxygen atoms in total. The van der Waals surface area contributed by atoms with Crippen molar-refractivity contribution in [3.8, 4) is 0 Å². The molecule has 1 fully saturated rings. The summed E-state index contributed by atoms with van der Waals surface area (Å²) in [5.74, 6) is -0.288. The molecule has 1 saturated carbocycles. The molecule has 0 aromatic carbocycles. The van der Waals surface area contributed by atoms with Crippen LogP contribution in [0.15, 0.2) is 0 Å². The van der Waals surface area contributed by atoms with E-state index in [1.807, 2.05) is 13.8 Å². The zero-order valence-corrected chi connectivity index (χ0v) is 6.29. The molecular weight excluding hydrogens is 130 g/mol. The van der Waals surface area contributed by atoms with Crippen molar-refractivity contribution in [1.82, 2.24) is 0 Å². The van der Waals surface area contributed by atoms with Crippen LogP contribution in [0, 0.1) is 11.8 Å². The monoisotopic (exact) mass is 143 g/mol. The molecule has 3 N–H and O–H groups in total. The minimum absolute atomic E-state index is 0.116. The number of aliphatic carboxylic acids is 1. The fourth-order valence-corrected chi connectivity index (χ4v) is 1.52. The van der Waals surface area contributed by atoms with Gasteiger partial charge in [-0.05, 0) is 18.3 Å². The van der Waals surface area contributed by atoms with Crippen LogP contribution in [-0.4, -0.2) is 16.6 Å². The number of hydrogen-bond donors (Lipinski definition) is 2. The summed E-state index contributed by atoms with van der Waals surface area (Å²) in [6.45, 7) is 3.92. The number of carbonyl (C=O) groups is 1. The molecule has 1 aliphatic rings. The molecule has 0 bridgehead atoms. The topological polar surface area (TPSA) is 63.3 Å². The van der Waals surface area contributed by atoms with Crippen LogP contribution in [0.25, 0.3) is 0 Å². The Morgan fingerprint density at radius 3 is 2.30 bits per heavy atom. The molecule has 0 radical (unpaired) electrons. The average molecular weight is 143 g/mol. The van der Waals surface area contributed by atoms with Crippen molar-refractivity contribution in [3.05, 3.63) is 0 Å². The molecule has 3 heteroatoms. The number of rotatable bonds is 1. The molecule has 58 valence electrons. The van der Waals surface area contributed by atoms with E-state index in [-0.39, 0.29) is 5.92 Å². The Morgan fingerprint density at radius 1 is 1.70 bits per heavy atom. The van der Waals surface area contributed by atoms with Gasteiger partial charge < -0.3 is 10.8 Å². The summed E-state index contributed by atoms with van der Waals surface area (Å²) in [6, 6.07) is 0. The lowest BCUT2D eigenvalue weighted by Gasteiger charge is -2.46. The maximum atomic E-state index is 10.5. The molecule has 0 aromatic rings. The van der Waals surface area contributed by atoms with Crippen molar-refractivity contribution in [2.45, 2.75) is 25.8 Å². The predicted molar refractivity (Wildman–Crippen MR) is 37.5 cm³/mol. The second kappa shape index (κ2) is 1.95. The maximum Gasteiger partial charge on any atom is 0.323 e. The Bertz CT molecular complexity index is 169. The van der Waals surface area contributed by atoms with E-state index in [1.54, 1.807) is 0 Å². The second-order valence-electron chi connectivity index (χ2n) is 3.32. The molecule has 3 atom stereocenters. The molecule has 0 aromatic heterocycles. The molecule has 0 amide bonds. The third kappa shape index (κ3) is 0.736. The van der Waals surface area contributed by atoms with E-state index < -0.39 is 11.5 Å². The van der Waals surface area contributed by atoms with Gasteiger partial charge in [0.05, 0.1) is 0 Å². The van der Waals surface area contributed by atoms with Gasteiger partial charge in [0.2, 0.25) is 0 Å². The van der Waals surface area contributed by atoms with Gasteiger partial charge in [-0.15, -0.1) is 0 Å². The molecule has 1 rings (SSSR count). The Kier molecular flexibility index (Phi) is 1.47. The second-order valence-corrected chi connectivity index (χ2v) is 3.32. The van der Waals surface area contributed by atoms with Gasteiger partial charge in [0, 0.05) is 0 Å². The van der Waals surface area contributed by atoms with E-state index >= 15 is 0 Å². The highest BCUT2D eigenvalue weighted by molar-refractivity contribution is 5.80. The maximum absolute atomic E-state index is 10.5. The van der Waals surface area contributed by atoms with Crippen molar-refractivity contribution >= 4 is 5.97 Å². The molecule has 1 aliphatic carbocycles. The largest absolute Gasteiger partial charge is 0.480 e. The van der Waals surface area contributed by atoms with E-state index in [1.165, 1.54) is 0 Å². The summed E-state index contributed by atoms with van der Waals surface area (Å²) in [7, 11) is 0. The van der Waals surface area contributed by atoms with Crippen LogP contribution in [0.4, 0.5) is 0 Å². The first-order valence-corrected chi connectivity index (χ1v) is 3.50. The number of carboxylic acid groups (broad SMARTS) is 1. The van der Waals surface area contributed by atoms with E-state index in [0.29, 0.717) is 12.3 Å². The van der Waals surface area contributed by atoms with Gasteiger partial charge in [-0.3, -0.25) is 4.79 Å². The van der Waals surface area contributed by atoms with Crippen LogP contribution in [0.2, 0.25) is 0 Å². The van der Waals surface area contributed by atoms with Gasteiger partial charge >= 0.3 is 5.97 Å². The Hall–Kier alpha value is -0.570. The fraction of sp³-hybridized carbons (Fsp3) is 0.857. The molecule has 0 saturated heterocycles. The first kappa shape index (κ1) is 7.54. The molecule has 0 heterocycles. The molecular formula is C7H13NO2. The smallest absolute Gasteiger partial charge is 0.323 e. The van der Waals surface area contributed by atoms with Crippen molar-refractivity contribution in [1.29, 1.82) is 0 Å². The van der Waals surface area contributed by atoms with Gasteiger partial charge in [0.15, 0.2) is 0 Å². The highest BCUT2D eigenvalue weighted by atomic mass is 16.4. The minimum atomic E-state index is -0.931. The molecule has 3 unspecified atom stereocenters. The Balaban J connectivity index is 2.67. The van der Waals surface area contributed by atoms with Crippen LogP contribution < -0.4 is 5.73 Å². The third-order valence-electron chi connectivity index (χ3n) is 2.72. The lowest BCUT2D eigenvalue weighted by molar-refractivity contribution is -0.153. The summed E-state index contributed by atoms with van der Waals surface area (Å²) in [5, 5.41) is 8.66. The van der Waals surface area contributed by atoms with Gasteiger partial charge in [-0.1, -0.05) is 13.8 Å². The van der Waals surface area contributed by atoms with Crippen molar-refractivity contribution in [2.75, 3.05) is 0 Å². The van der Waals surface area contributed by atoms with Crippen molar-refractivity contribution in [2.24, 2.45) is 17.6 Å². The first-order chi connectivity index (χ1) is 4.48. The minimum Gasteiger partial charge on any atom is -0.480 e. The van der Waals surface area contributed by atoms with Gasteiger partial charge in [-0.25, -0.2) is 0 Å². The van der Waals surface area contributed by atoms with Crippen LogP contribution in [0.3, 0.4) is 0 Å². The quantitative estimate of drug-likeness (QED) is 0.560. The Morgan fingerprint density at radius 2 is 2.20 bits per heavy atom. The number of hydrogen-bond acceptors (Lipinski definition) is 2. The molecule has 0 aliphatic heterocycles. The van der Waals surface area contributed by atoms with Crippen LogP contribution in [0.1, 0.15) is 20.3 Å². The summed E-state index contributed by atoms with van der Waals surface area (Å²) in [4.78, 5) is 10.5.